The summed E-state index contributed by atoms with van der Waals surface area (Å²) in [5.41, 5.74) is 4.69. The minimum atomic E-state index is -0.146. The molecule has 5 heteroatoms. The molecule has 1 heterocycles. The average molecular weight is 348 g/mol. The topological polar surface area (TPSA) is 54.9 Å². The molecule has 25 heavy (non-hydrogen) atoms. The smallest absolute Gasteiger partial charge is 0.251 e. The Morgan fingerprint density at radius 2 is 1.48 bits per heavy atom. The zero-order valence-corrected chi connectivity index (χ0v) is 14.0. The molecular formula is C20H14ClN3O. The molecule has 1 N–H and O–H groups in total. The van der Waals surface area contributed by atoms with Crippen LogP contribution < -0.4 is 5.32 Å². The number of amides is 1. The highest BCUT2D eigenvalue weighted by molar-refractivity contribution is 6.30. The Hall–Kier alpha value is -2.98. The van der Waals surface area contributed by atoms with Crippen LogP contribution in [0.2, 0.25) is 5.02 Å². The van der Waals surface area contributed by atoms with Crippen LogP contribution in [-0.2, 0) is 6.54 Å². The summed E-state index contributed by atoms with van der Waals surface area (Å²) >= 11 is 5.87. The maximum atomic E-state index is 12.4. The molecule has 4 aromatic rings. The maximum absolute atomic E-state index is 12.4. The first-order chi connectivity index (χ1) is 12.2. The normalized spacial score (nSPS) is 10.9. The Morgan fingerprint density at radius 1 is 0.840 bits per heavy atom. The third-order valence-corrected chi connectivity index (χ3v) is 4.22. The summed E-state index contributed by atoms with van der Waals surface area (Å²) in [5, 5.41) is 3.58. The number of carbonyl (C=O) groups excluding carboxylic acids is 1. The molecule has 3 aromatic carbocycles. The van der Waals surface area contributed by atoms with Crippen LogP contribution in [0.4, 0.5) is 0 Å². The minimum absolute atomic E-state index is 0.146. The molecular weight excluding hydrogens is 334 g/mol. The van der Waals surface area contributed by atoms with Gasteiger partial charge in [0.15, 0.2) is 0 Å². The molecule has 1 aromatic heterocycles. The van der Waals surface area contributed by atoms with Crippen molar-refractivity contribution in [3.05, 3.63) is 82.9 Å². The molecule has 4 rings (SSSR count). The van der Waals surface area contributed by atoms with Gasteiger partial charge in [-0.25, -0.2) is 9.97 Å². The molecule has 0 spiro atoms. The fraction of sp³-hybridized carbons (Fsp3) is 0.0500. The predicted octanol–water partition coefficient (Wildman–Crippen LogP) is 4.37. The van der Waals surface area contributed by atoms with E-state index in [0.29, 0.717) is 22.6 Å². The number of nitrogens with zero attached hydrogens (tertiary/aromatic N) is 2. The first-order valence-corrected chi connectivity index (χ1v) is 8.26. The van der Waals surface area contributed by atoms with Gasteiger partial charge in [-0.15, -0.1) is 0 Å². The standard InChI is InChI=1S/C20H14ClN3O/c21-15-8-5-13(6-9-15)12-22-20(25)14-7-10-18-19(11-14)24-17-4-2-1-3-16(17)23-18/h1-11H,12H2,(H,22,25). The zero-order chi connectivity index (χ0) is 17.2. The van der Waals surface area contributed by atoms with Crippen molar-refractivity contribution >= 4 is 39.6 Å². The number of fused-ring (bicyclic) bond motifs is 2. The molecule has 0 aliphatic carbocycles. The molecule has 0 bridgehead atoms. The molecule has 0 radical (unpaired) electrons. The Labute approximate surface area is 149 Å². The molecule has 1 amide bonds. The predicted molar refractivity (Wildman–Crippen MR) is 99.7 cm³/mol. The van der Waals surface area contributed by atoms with E-state index in [0.717, 1.165) is 22.1 Å². The fourth-order valence-electron chi connectivity index (χ4n) is 2.65. The van der Waals surface area contributed by atoms with Gasteiger partial charge >= 0.3 is 0 Å². The minimum Gasteiger partial charge on any atom is -0.348 e. The number of para-hydroxylation sites is 2. The lowest BCUT2D eigenvalue weighted by Crippen LogP contribution is -2.22. The summed E-state index contributed by atoms with van der Waals surface area (Å²) in [4.78, 5) is 21.6. The van der Waals surface area contributed by atoms with Crippen LogP contribution in [-0.4, -0.2) is 15.9 Å². The molecule has 0 aliphatic heterocycles. The first kappa shape index (κ1) is 15.5. The lowest BCUT2D eigenvalue weighted by atomic mass is 10.1. The lowest BCUT2D eigenvalue weighted by Gasteiger charge is -2.07. The summed E-state index contributed by atoms with van der Waals surface area (Å²) in [6.45, 7) is 0.442. The van der Waals surface area contributed by atoms with Gasteiger partial charge in [0.05, 0.1) is 22.1 Å². The molecule has 0 saturated heterocycles. The molecule has 122 valence electrons. The van der Waals surface area contributed by atoms with E-state index in [4.69, 9.17) is 11.6 Å². The van der Waals surface area contributed by atoms with Crippen molar-refractivity contribution in [1.29, 1.82) is 0 Å². The van der Waals surface area contributed by atoms with Gasteiger partial charge in [-0.3, -0.25) is 4.79 Å². The molecule has 0 saturated carbocycles. The van der Waals surface area contributed by atoms with E-state index in [9.17, 15) is 4.79 Å². The van der Waals surface area contributed by atoms with Crippen LogP contribution >= 0.6 is 11.6 Å². The van der Waals surface area contributed by atoms with Crippen LogP contribution in [0, 0.1) is 0 Å². The highest BCUT2D eigenvalue weighted by Gasteiger charge is 2.08. The summed E-state index contributed by atoms with van der Waals surface area (Å²) in [6.07, 6.45) is 0. The van der Waals surface area contributed by atoms with E-state index in [-0.39, 0.29) is 5.91 Å². The highest BCUT2D eigenvalue weighted by Crippen LogP contribution is 2.17. The van der Waals surface area contributed by atoms with E-state index in [1.54, 1.807) is 24.3 Å². The van der Waals surface area contributed by atoms with Crippen LogP contribution in [0.5, 0.6) is 0 Å². The van der Waals surface area contributed by atoms with Crippen LogP contribution in [0.1, 0.15) is 15.9 Å². The highest BCUT2D eigenvalue weighted by atomic mass is 35.5. The molecule has 0 unspecified atom stereocenters. The van der Waals surface area contributed by atoms with Crippen LogP contribution in [0.25, 0.3) is 22.1 Å². The number of nitrogens with one attached hydrogen (secondary N) is 1. The van der Waals surface area contributed by atoms with Gasteiger partial charge < -0.3 is 5.32 Å². The van der Waals surface area contributed by atoms with Crippen molar-refractivity contribution < 1.29 is 4.79 Å². The van der Waals surface area contributed by atoms with Gasteiger partial charge in [-0.05, 0) is 48.0 Å². The second-order valence-corrected chi connectivity index (χ2v) is 6.16. The number of aromatic nitrogens is 2. The van der Waals surface area contributed by atoms with Crippen molar-refractivity contribution in [2.24, 2.45) is 0 Å². The summed E-state index contributed by atoms with van der Waals surface area (Å²) in [7, 11) is 0. The third-order valence-electron chi connectivity index (χ3n) is 3.97. The number of hydrogen-bond acceptors (Lipinski definition) is 3. The second kappa shape index (κ2) is 6.49. The van der Waals surface area contributed by atoms with Gasteiger partial charge in [-0.1, -0.05) is 35.9 Å². The van der Waals surface area contributed by atoms with Crippen molar-refractivity contribution in [3.8, 4) is 0 Å². The lowest BCUT2D eigenvalue weighted by molar-refractivity contribution is 0.0951. The van der Waals surface area contributed by atoms with Crippen molar-refractivity contribution in [3.63, 3.8) is 0 Å². The zero-order valence-electron chi connectivity index (χ0n) is 13.2. The number of halogens is 1. The largest absolute Gasteiger partial charge is 0.348 e. The molecule has 0 atom stereocenters. The van der Waals surface area contributed by atoms with E-state index >= 15 is 0 Å². The van der Waals surface area contributed by atoms with Crippen LogP contribution in [0.15, 0.2) is 66.7 Å². The fourth-order valence-corrected chi connectivity index (χ4v) is 2.77. The Kier molecular flexibility index (Phi) is 4.04. The summed E-state index contributed by atoms with van der Waals surface area (Å²) < 4.78 is 0. The maximum Gasteiger partial charge on any atom is 0.251 e. The third kappa shape index (κ3) is 3.30. The van der Waals surface area contributed by atoms with Gasteiger partial charge in [0.2, 0.25) is 0 Å². The summed E-state index contributed by atoms with van der Waals surface area (Å²) in [6, 6.07) is 20.4. The van der Waals surface area contributed by atoms with E-state index in [2.05, 4.69) is 15.3 Å². The number of hydrogen-bond donors (Lipinski definition) is 1. The van der Waals surface area contributed by atoms with Crippen molar-refractivity contribution in [2.45, 2.75) is 6.54 Å². The number of rotatable bonds is 3. The van der Waals surface area contributed by atoms with Crippen LogP contribution in [0.3, 0.4) is 0 Å². The van der Waals surface area contributed by atoms with E-state index < -0.39 is 0 Å². The Morgan fingerprint density at radius 3 is 2.20 bits per heavy atom. The SMILES string of the molecule is O=C(NCc1ccc(Cl)cc1)c1ccc2nc3ccccc3nc2c1. The van der Waals surface area contributed by atoms with Crippen molar-refractivity contribution in [1.82, 2.24) is 15.3 Å². The van der Waals surface area contributed by atoms with Gasteiger partial charge in [-0.2, -0.15) is 0 Å². The van der Waals surface area contributed by atoms with Gasteiger partial charge in [0, 0.05) is 17.1 Å². The van der Waals surface area contributed by atoms with Crippen molar-refractivity contribution in [2.75, 3.05) is 0 Å². The molecule has 0 fully saturated rings. The second-order valence-electron chi connectivity index (χ2n) is 5.72. The Balaban J connectivity index is 1.58. The number of benzene rings is 3. The van der Waals surface area contributed by atoms with Gasteiger partial charge in [0.1, 0.15) is 0 Å². The summed E-state index contributed by atoms with van der Waals surface area (Å²) in [5.74, 6) is -0.146. The monoisotopic (exact) mass is 347 g/mol. The number of carbonyl (C=O) groups is 1. The van der Waals surface area contributed by atoms with Gasteiger partial charge in [0.25, 0.3) is 5.91 Å². The van der Waals surface area contributed by atoms with E-state index in [1.165, 1.54) is 0 Å². The quantitative estimate of drug-likeness (QED) is 0.560. The molecule has 4 nitrogen and oxygen atoms in total. The van der Waals surface area contributed by atoms with E-state index in [1.807, 2.05) is 42.5 Å². The average Bonchev–Trinajstić information content (AvgIpc) is 2.65. The first-order valence-electron chi connectivity index (χ1n) is 7.88. The molecule has 0 aliphatic rings. The Bertz CT molecular complexity index is 1080.